The van der Waals surface area contributed by atoms with Crippen molar-refractivity contribution in [3.8, 4) is 0 Å². The molecule has 1 fully saturated rings. The lowest BCUT2D eigenvalue weighted by Gasteiger charge is -2.16. The van der Waals surface area contributed by atoms with Gasteiger partial charge in [0.2, 0.25) is 0 Å². The Morgan fingerprint density at radius 2 is 1.25 bits per heavy atom. The highest BCUT2D eigenvalue weighted by molar-refractivity contribution is 7.93. The highest BCUT2D eigenvalue weighted by Crippen LogP contribution is 2.36. The monoisotopic (exact) mass is 571 g/mol. The van der Waals surface area contributed by atoms with Crippen molar-refractivity contribution in [2.45, 2.75) is 57.7 Å². The van der Waals surface area contributed by atoms with Crippen LogP contribution in [-0.4, -0.2) is 23.4 Å². The molecule has 0 spiro atoms. The summed E-state index contributed by atoms with van der Waals surface area (Å²) < 4.78 is 119. The molecule has 0 saturated carbocycles. The summed E-state index contributed by atoms with van der Waals surface area (Å²) in [4.78, 5) is 0. The molecule has 1 aliphatic heterocycles. The van der Waals surface area contributed by atoms with E-state index in [1.807, 2.05) is 13.8 Å². The van der Waals surface area contributed by atoms with Crippen molar-refractivity contribution in [1.29, 1.82) is 0 Å². The normalized spacial score (nSPS) is 15.6. The predicted molar refractivity (Wildman–Crippen MR) is 125 cm³/mol. The van der Waals surface area contributed by atoms with Crippen molar-refractivity contribution in [3.63, 3.8) is 0 Å². The molecule has 2 N–H and O–H groups in total. The van der Waals surface area contributed by atoms with Crippen LogP contribution in [0.5, 0.6) is 0 Å². The standard InChI is InChI=1S/C13H13F6N.C7H4ClF3.C2H6.CH4OS/c14-12(15,16)9-4-8(6-11-2-1-3-20-11)5-10(7-9)13(17,18)19;8-6-3-1-5(2-4-6)7(9,10)11;1-2;1-3-2/h4-5,7,11,20H,1-3,6H2;1-4H;1-2H3;2H,1H3. The molecule has 2 nitrogen and oxygen atoms in total. The smallest absolute Gasteiger partial charge is 0.330 e. The van der Waals surface area contributed by atoms with Gasteiger partial charge in [-0.25, -0.2) is 0 Å². The second-order valence-corrected chi connectivity index (χ2v) is 7.90. The van der Waals surface area contributed by atoms with Gasteiger partial charge in [0, 0.05) is 17.3 Å². The molecule has 1 aliphatic rings. The molecule has 2 aromatic carbocycles. The van der Waals surface area contributed by atoms with Gasteiger partial charge in [-0.15, -0.1) is 0 Å². The number of hydrogen-bond acceptors (Lipinski definition) is 3. The Hall–Kier alpha value is -1.63. The van der Waals surface area contributed by atoms with Crippen molar-refractivity contribution in [2.24, 2.45) is 0 Å². The second-order valence-electron chi connectivity index (χ2n) is 7.10. The van der Waals surface area contributed by atoms with Gasteiger partial charge < -0.3 is 9.87 Å². The first-order chi connectivity index (χ1) is 16.6. The van der Waals surface area contributed by atoms with E-state index in [0.29, 0.717) is 5.02 Å². The molecule has 13 heteroatoms. The molecule has 1 unspecified atom stereocenters. The number of alkyl halides is 9. The predicted octanol–water partition coefficient (Wildman–Crippen LogP) is 9.23. The van der Waals surface area contributed by atoms with Crippen LogP contribution in [0.3, 0.4) is 0 Å². The molecule has 2 aromatic rings. The van der Waals surface area contributed by atoms with Crippen molar-refractivity contribution >= 4 is 23.6 Å². The third kappa shape index (κ3) is 13.1. The van der Waals surface area contributed by atoms with Gasteiger partial charge in [0.1, 0.15) is 0 Å². The van der Waals surface area contributed by atoms with E-state index in [1.165, 1.54) is 12.1 Å². The third-order valence-electron chi connectivity index (χ3n) is 4.46. The van der Waals surface area contributed by atoms with E-state index in [0.717, 1.165) is 55.7 Å². The minimum atomic E-state index is -4.78. The minimum absolute atomic E-state index is 0.0560. The Labute approximate surface area is 213 Å². The van der Waals surface area contributed by atoms with Gasteiger partial charge in [-0.1, -0.05) is 25.4 Å². The zero-order valence-electron chi connectivity index (χ0n) is 19.6. The van der Waals surface area contributed by atoms with Crippen LogP contribution in [0.15, 0.2) is 42.5 Å². The van der Waals surface area contributed by atoms with Gasteiger partial charge in [-0.3, -0.25) is 0 Å². The average molecular weight is 572 g/mol. The first-order valence-corrected chi connectivity index (χ1v) is 12.2. The van der Waals surface area contributed by atoms with Crippen LogP contribution in [0.4, 0.5) is 39.5 Å². The highest BCUT2D eigenvalue weighted by atomic mass is 35.5. The van der Waals surface area contributed by atoms with Crippen molar-refractivity contribution in [3.05, 3.63) is 69.7 Å². The quantitative estimate of drug-likeness (QED) is 0.278. The summed E-state index contributed by atoms with van der Waals surface area (Å²) in [6, 6.07) is 6.02. The topological polar surface area (TPSA) is 32.3 Å². The Balaban J connectivity index is 0.000000645. The molecule has 0 radical (unpaired) electrons. The minimum Gasteiger partial charge on any atom is -0.330 e. The van der Waals surface area contributed by atoms with Gasteiger partial charge in [0.05, 0.1) is 16.7 Å². The molecular weight excluding hydrogens is 545 g/mol. The number of benzene rings is 2. The van der Waals surface area contributed by atoms with Crippen molar-refractivity contribution in [1.82, 2.24) is 5.32 Å². The first-order valence-electron chi connectivity index (χ1n) is 10.6. The van der Waals surface area contributed by atoms with Gasteiger partial charge in [-0.2, -0.15) is 39.5 Å². The average Bonchev–Trinajstić information content (AvgIpc) is 3.27. The fourth-order valence-electron chi connectivity index (χ4n) is 2.99. The molecule has 0 amide bonds. The van der Waals surface area contributed by atoms with Gasteiger partial charge >= 0.3 is 18.5 Å². The maximum atomic E-state index is 12.7. The van der Waals surface area contributed by atoms with E-state index < -0.39 is 35.2 Å². The van der Waals surface area contributed by atoms with E-state index in [9.17, 15) is 39.5 Å². The summed E-state index contributed by atoms with van der Waals surface area (Å²) in [6.07, 6.45) is -10.4. The zero-order valence-corrected chi connectivity index (χ0v) is 21.2. The maximum absolute atomic E-state index is 12.7. The van der Waals surface area contributed by atoms with Crippen LogP contribution in [0.2, 0.25) is 5.02 Å². The fraction of sp³-hybridized carbons (Fsp3) is 0.478. The summed E-state index contributed by atoms with van der Waals surface area (Å²) in [7, 11) is 0. The number of hydrogen-bond donors (Lipinski definition) is 2. The molecule has 1 saturated heterocycles. The van der Waals surface area contributed by atoms with Crippen LogP contribution < -0.4 is 5.32 Å². The number of nitrogens with one attached hydrogen (secondary N) is 1. The van der Waals surface area contributed by atoms with Crippen molar-refractivity contribution < 1.29 is 44.1 Å². The van der Waals surface area contributed by atoms with Gasteiger partial charge in [0.25, 0.3) is 0 Å². The first kappa shape index (κ1) is 34.4. The summed E-state index contributed by atoms with van der Waals surface area (Å²) in [5.74, 6) is 0. The summed E-state index contributed by atoms with van der Waals surface area (Å²) in [5.41, 5.74) is -3.12. The Morgan fingerprint density at radius 1 is 0.833 bits per heavy atom. The Kier molecular flexibility index (Phi) is 14.9. The number of halogens is 10. The van der Waals surface area contributed by atoms with Gasteiger partial charge in [-0.05, 0) is 85.9 Å². The van der Waals surface area contributed by atoms with Crippen LogP contribution in [0, 0.1) is 0 Å². The Morgan fingerprint density at radius 3 is 1.58 bits per heavy atom. The highest BCUT2D eigenvalue weighted by Gasteiger charge is 2.37. The Bertz CT molecular complexity index is 847. The fourth-order valence-corrected chi connectivity index (χ4v) is 3.12. The molecular formula is C23H27ClF9NOS. The molecule has 206 valence electrons. The van der Waals surface area contributed by atoms with E-state index in [2.05, 4.69) is 5.32 Å². The summed E-state index contributed by atoms with van der Waals surface area (Å²) in [5, 5.41) is 3.36. The number of rotatable bonds is 2. The SMILES string of the molecule is CC.CSO.FC(F)(F)c1cc(CC2CCCN2)cc(C(F)(F)F)c1.FC(F)(F)c1ccc(Cl)cc1. The van der Waals surface area contributed by atoms with E-state index in [-0.39, 0.29) is 24.1 Å². The van der Waals surface area contributed by atoms with E-state index in [4.69, 9.17) is 16.2 Å². The molecule has 1 heterocycles. The molecule has 0 aromatic heterocycles. The largest absolute Gasteiger partial charge is 0.416 e. The lowest BCUT2D eigenvalue weighted by atomic mass is 9.99. The van der Waals surface area contributed by atoms with E-state index in [1.54, 1.807) is 6.26 Å². The summed E-state index contributed by atoms with van der Waals surface area (Å²) in [6.45, 7) is 4.75. The third-order valence-corrected chi connectivity index (χ3v) is 4.72. The van der Waals surface area contributed by atoms with Crippen LogP contribution in [0.25, 0.3) is 0 Å². The van der Waals surface area contributed by atoms with E-state index >= 15 is 0 Å². The second kappa shape index (κ2) is 15.6. The lowest BCUT2D eigenvalue weighted by molar-refractivity contribution is -0.143. The molecule has 0 aliphatic carbocycles. The molecule has 3 rings (SSSR count). The van der Waals surface area contributed by atoms with Crippen LogP contribution in [0.1, 0.15) is 48.9 Å². The maximum Gasteiger partial charge on any atom is 0.416 e. The van der Waals surface area contributed by atoms with Crippen LogP contribution >= 0.6 is 23.6 Å². The molecule has 36 heavy (non-hydrogen) atoms. The molecule has 0 bridgehead atoms. The van der Waals surface area contributed by atoms with Gasteiger partial charge in [0.15, 0.2) is 0 Å². The summed E-state index contributed by atoms with van der Waals surface area (Å²) >= 11 is 6.14. The van der Waals surface area contributed by atoms with Crippen molar-refractivity contribution in [2.75, 3.05) is 12.8 Å². The zero-order chi connectivity index (χ0) is 28.2. The van der Waals surface area contributed by atoms with Crippen LogP contribution in [-0.2, 0) is 24.9 Å². The molecule has 1 atom stereocenters. The lowest BCUT2D eigenvalue weighted by Crippen LogP contribution is -2.24.